The van der Waals surface area contributed by atoms with Gasteiger partial charge in [0.15, 0.2) is 0 Å². The molecule has 0 saturated heterocycles. The van der Waals surface area contributed by atoms with Gasteiger partial charge >= 0.3 is 0 Å². The highest BCUT2D eigenvalue weighted by Gasteiger charge is 2.04. The van der Waals surface area contributed by atoms with Crippen molar-refractivity contribution in [2.75, 3.05) is 0 Å². The van der Waals surface area contributed by atoms with Crippen LogP contribution < -0.4 is 5.43 Å². The highest BCUT2D eigenvalue weighted by atomic mass is 16.2. The lowest BCUT2D eigenvalue weighted by Gasteiger charge is -2.02. The summed E-state index contributed by atoms with van der Waals surface area (Å²) in [5, 5.41) is 6.07. The Morgan fingerprint density at radius 2 is 1.90 bits per heavy atom. The van der Waals surface area contributed by atoms with Gasteiger partial charge < -0.3 is 0 Å². The van der Waals surface area contributed by atoms with Crippen LogP contribution in [0.4, 0.5) is 0 Å². The maximum atomic E-state index is 12.0. The van der Waals surface area contributed by atoms with Gasteiger partial charge in [0.25, 0.3) is 5.91 Å². The molecule has 3 aromatic rings. The van der Waals surface area contributed by atoms with E-state index in [-0.39, 0.29) is 5.91 Å². The van der Waals surface area contributed by atoms with Gasteiger partial charge in [-0.1, -0.05) is 36.4 Å². The van der Waals surface area contributed by atoms with E-state index < -0.39 is 0 Å². The molecule has 3 rings (SSSR count). The summed E-state index contributed by atoms with van der Waals surface area (Å²) in [5.74, 6) is -0.235. The first-order chi connectivity index (χ1) is 10.3. The van der Waals surface area contributed by atoms with Crippen molar-refractivity contribution in [2.24, 2.45) is 5.10 Å². The minimum Gasteiger partial charge on any atom is -0.267 e. The molecule has 102 valence electrons. The van der Waals surface area contributed by atoms with Gasteiger partial charge in [-0.3, -0.25) is 9.78 Å². The van der Waals surface area contributed by atoms with Crippen molar-refractivity contribution in [1.82, 2.24) is 10.4 Å². The smallest absolute Gasteiger partial charge is 0.267 e. The van der Waals surface area contributed by atoms with Crippen LogP contribution in [-0.4, -0.2) is 17.1 Å². The van der Waals surface area contributed by atoms with E-state index in [2.05, 4.69) is 15.5 Å². The van der Waals surface area contributed by atoms with E-state index in [9.17, 15) is 4.79 Å². The predicted molar refractivity (Wildman–Crippen MR) is 83.2 cm³/mol. The third-order valence-corrected chi connectivity index (χ3v) is 3.08. The fourth-order valence-corrected chi connectivity index (χ4v) is 2.01. The van der Waals surface area contributed by atoms with Crippen LogP contribution in [0.3, 0.4) is 0 Å². The summed E-state index contributed by atoms with van der Waals surface area (Å²) in [6.07, 6.45) is 4.92. The van der Waals surface area contributed by atoms with Crippen molar-refractivity contribution in [3.8, 4) is 0 Å². The van der Waals surface area contributed by atoms with E-state index >= 15 is 0 Å². The molecule has 0 aliphatic rings. The molecule has 0 aliphatic carbocycles. The highest BCUT2D eigenvalue weighted by molar-refractivity contribution is 5.98. The van der Waals surface area contributed by atoms with Crippen LogP contribution in [0, 0.1) is 0 Å². The topological polar surface area (TPSA) is 54.4 Å². The minimum absolute atomic E-state index is 0.235. The molecule has 1 heterocycles. The molecule has 1 N–H and O–H groups in total. The summed E-state index contributed by atoms with van der Waals surface area (Å²) in [6, 6.07) is 17.1. The number of aromatic nitrogens is 1. The minimum atomic E-state index is -0.235. The third kappa shape index (κ3) is 3.12. The first-order valence-corrected chi connectivity index (χ1v) is 6.55. The SMILES string of the molecule is O=C(N/N=C\c1cccnc1)c1ccc2ccccc2c1. The lowest BCUT2D eigenvalue weighted by Crippen LogP contribution is -2.17. The molecule has 4 heteroatoms. The Kier molecular flexibility index (Phi) is 3.69. The summed E-state index contributed by atoms with van der Waals surface area (Å²) >= 11 is 0. The van der Waals surface area contributed by atoms with Crippen molar-refractivity contribution in [3.05, 3.63) is 78.1 Å². The molecule has 0 aliphatic heterocycles. The number of amides is 1. The lowest BCUT2D eigenvalue weighted by molar-refractivity contribution is 0.0955. The molecule has 0 unspecified atom stereocenters. The van der Waals surface area contributed by atoms with Crippen LogP contribution in [0.15, 0.2) is 72.1 Å². The Morgan fingerprint density at radius 1 is 1.05 bits per heavy atom. The molecular weight excluding hydrogens is 262 g/mol. The molecule has 0 radical (unpaired) electrons. The zero-order chi connectivity index (χ0) is 14.5. The zero-order valence-electron chi connectivity index (χ0n) is 11.2. The summed E-state index contributed by atoms with van der Waals surface area (Å²) in [7, 11) is 0. The fourth-order valence-electron chi connectivity index (χ4n) is 2.01. The molecule has 0 bridgehead atoms. The second-order valence-electron chi connectivity index (χ2n) is 4.55. The first-order valence-electron chi connectivity index (χ1n) is 6.55. The number of hydrogen-bond donors (Lipinski definition) is 1. The standard InChI is InChI=1S/C17H13N3O/c21-17(20-19-12-13-4-3-9-18-11-13)16-8-7-14-5-1-2-6-15(14)10-16/h1-12H,(H,20,21)/b19-12-. The van der Waals surface area contributed by atoms with Gasteiger partial charge in [0, 0.05) is 23.5 Å². The van der Waals surface area contributed by atoms with E-state index in [1.54, 1.807) is 24.7 Å². The molecule has 4 nitrogen and oxygen atoms in total. The number of rotatable bonds is 3. The Balaban J connectivity index is 1.73. The molecular formula is C17H13N3O. The number of carbonyl (C=O) groups excluding carboxylic acids is 1. The van der Waals surface area contributed by atoms with Crippen LogP contribution in [0.5, 0.6) is 0 Å². The largest absolute Gasteiger partial charge is 0.271 e. The number of fused-ring (bicyclic) bond motifs is 1. The molecule has 0 fully saturated rings. The number of carbonyl (C=O) groups is 1. The van der Waals surface area contributed by atoms with Gasteiger partial charge in [-0.05, 0) is 29.0 Å². The van der Waals surface area contributed by atoms with Gasteiger partial charge in [-0.15, -0.1) is 0 Å². The molecule has 0 spiro atoms. The lowest BCUT2D eigenvalue weighted by atomic mass is 10.1. The number of hydrazone groups is 1. The average Bonchev–Trinajstić information content (AvgIpc) is 2.55. The van der Waals surface area contributed by atoms with Crippen molar-refractivity contribution in [1.29, 1.82) is 0 Å². The van der Waals surface area contributed by atoms with E-state index in [0.29, 0.717) is 5.56 Å². The predicted octanol–water partition coefficient (Wildman–Crippen LogP) is 3.00. The van der Waals surface area contributed by atoms with Crippen molar-refractivity contribution < 1.29 is 4.79 Å². The van der Waals surface area contributed by atoms with E-state index in [0.717, 1.165) is 16.3 Å². The number of benzene rings is 2. The van der Waals surface area contributed by atoms with Crippen molar-refractivity contribution >= 4 is 22.9 Å². The fraction of sp³-hybridized carbons (Fsp3) is 0. The van der Waals surface area contributed by atoms with Crippen LogP contribution in [0.2, 0.25) is 0 Å². The molecule has 1 aromatic heterocycles. The van der Waals surface area contributed by atoms with Crippen LogP contribution >= 0.6 is 0 Å². The maximum Gasteiger partial charge on any atom is 0.271 e. The van der Waals surface area contributed by atoms with Crippen LogP contribution in [0.25, 0.3) is 10.8 Å². The van der Waals surface area contributed by atoms with Gasteiger partial charge in [0.2, 0.25) is 0 Å². The number of nitrogens with one attached hydrogen (secondary N) is 1. The second-order valence-corrected chi connectivity index (χ2v) is 4.55. The summed E-state index contributed by atoms with van der Waals surface area (Å²) in [6.45, 7) is 0. The van der Waals surface area contributed by atoms with Gasteiger partial charge in [-0.2, -0.15) is 5.10 Å². The quantitative estimate of drug-likeness (QED) is 0.590. The van der Waals surface area contributed by atoms with E-state index in [1.807, 2.05) is 48.5 Å². The van der Waals surface area contributed by atoms with Crippen molar-refractivity contribution in [3.63, 3.8) is 0 Å². The summed E-state index contributed by atoms with van der Waals surface area (Å²) < 4.78 is 0. The second kappa shape index (κ2) is 5.96. The normalized spacial score (nSPS) is 10.9. The van der Waals surface area contributed by atoms with Crippen LogP contribution in [-0.2, 0) is 0 Å². The van der Waals surface area contributed by atoms with E-state index in [4.69, 9.17) is 0 Å². The summed E-state index contributed by atoms with van der Waals surface area (Å²) in [5.41, 5.74) is 3.93. The molecule has 21 heavy (non-hydrogen) atoms. The first kappa shape index (κ1) is 13.0. The number of pyridine rings is 1. The molecule has 1 amide bonds. The van der Waals surface area contributed by atoms with Crippen LogP contribution in [0.1, 0.15) is 15.9 Å². The Bertz CT molecular complexity index is 797. The molecule has 2 aromatic carbocycles. The maximum absolute atomic E-state index is 12.0. The average molecular weight is 275 g/mol. The molecule has 0 atom stereocenters. The Labute approximate surface area is 122 Å². The summed E-state index contributed by atoms with van der Waals surface area (Å²) in [4.78, 5) is 16.0. The number of hydrogen-bond acceptors (Lipinski definition) is 3. The Morgan fingerprint density at radius 3 is 2.71 bits per heavy atom. The van der Waals surface area contributed by atoms with Crippen molar-refractivity contribution in [2.45, 2.75) is 0 Å². The van der Waals surface area contributed by atoms with Gasteiger partial charge in [0.05, 0.1) is 6.21 Å². The molecule has 0 saturated carbocycles. The van der Waals surface area contributed by atoms with Gasteiger partial charge in [-0.25, -0.2) is 5.43 Å². The van der Waals surface area contributed by atoms with Gasteiger partial charge in [0.1, 0.15) is 0 Å². The highest BCUT2D eigenvalue weighted by Crippen LogP contribution is 2.15. The Hall–Kier alpha value is -3.01. The zero-order valence-corrected chi connectivity index (χ0v) is 11.2. The third-order valence-electron chi connectivity index (χ3n) is 3.08. The monoisotopic (exact) mass is 275 g/mol. The van der Waals surface area contributed by atoms with E-state index in [1.165, 1.54) is 0 Å². The number of nitrogens with zero attached hydrogens (tertiary/aromatic N) is 2.